The summed E-state index contributed by atoms with van der Waals surface area (Å²) in [5.41, 5.74) is 1.83. The number of hydrogen-bond donors (Lipinski definition) is 0. The summed E-state index contributed by atoms with van der Waals surface area (Å²) in [5, 5.41) is 15.3. The van der Waals surface area contributed by atoms with Crippen LogP contribution in [-0.4, -0.2) is 46.5 Å². The molecule has 10 heteroatoms. The number of carbonyl (C=O) groups excluding carboxylic acids is 3. The number of anilines is 1. The van der Waals surface area contributed by atoms with Crippen LogP contribution in [0.1, 0.15) is 22.8 Å². The number of oxime groups is 1. The lowest BCUT2D eigenvalue weighted by molar-refractivity contribution is -0.384. The average molecular weight is 447 g/mol. The maximum Gasteiger partial charge on any atom is 0.270 e. The standard InChI is InChI=1S/C23H17N3O7/c1-10(27)11-5-7-13(8-6-11)25-22(28)15-16(23(25)29)20-21-17(19(15)32-20)18(24-33-21)12-3-2-4-14(9-12)26(30)31/h2-9,15-17,19-21H,1H3/t15-,16+,17-,19-,20-,21+/m1/s1. The van der Waals surface area contributed by atoms with Crippen molar-refractivity contribution < 1.29 is 28.9 Å². The van der Waals surface area contributed by atoms with Gasteiger partial charge >= 0.3 is 0 Å². The first kappa shape index (κ1) is 19.7. The van der Waals surface area contributed by atoms with Gasteiger partial charge in [-0.2, -0.15) is 0 Å². The van der Waals surface area contributed by atoms with Crippen LogP contribution < -0.4 is 4.90 Å². The summed E-state index contributed by atoms with van der Waals surface area (Å²) in [7, 11) is 0. The maximum absolute atomic E-state index is 13.4. The third-order valence-corrected chi connectivity index (χ3v) is 6.93. The fraction of sp³-hybridized carbons (Fsp3) is 0.304. The summed E-state index contributed by atoms with van der Waals surface area (Å²) in [5.74, 6) is -2.62. The van der Waals surface area contributed by atoms with Crippen LogP contribution in [0.5, 0.6) is 0 Å². The van der Waals surface area contributed by atoms with E-state index in [0.717, 1.165) is 4.90 Å². The fourth-order valence-corrected chi connectivity index (χ4v) is 5.47. The number of hydrogen-bond acceptors (Lipinski definition) is 8. The molecular formula is C23H17N3O7. The van der Waals surface area contributed by atoms with Crippen molar-refractivity contribution in [1.82, 2.24) is 0 Å². The first-order chi connectivity index (χ1) is 15.9. The minimum Gasteiger partial charge on any atom is -0.389 e. The highest BCUT2D eigenvalue weighted by atomic mass is 16.7. The van der Waals surface area contributed by atoms with E-state index in [0.29, 0.717) is 22.5 Å². The van der Waals surface area contributed by atoms with Crippen LogP contribution in [-0.2, 0) is 19.2 Å². The molecule has 10 nitrogen and oxygen atoms in total. The Balaban J connectivity index is 1.32. The summed E-state index contributed by atoms with van der Waals surface area (Å²) in [6.07, 6.45) is -1.80. The van der Waals surface area contributed by atoms with Crippen molar-refractivity contribution in [3.8, 4) is 0 Å². The van der Waals surface area contributed by atoms with Crippen LogP contribution in [0.25, 0.3) is 0 Å². The highest BCUT2D eigenvalue weighted by molar-refractivity contribution is 6.23. The largest absolute Gasteiger partial charge is 0.389 e. The predicted molar refractivity (Wildman–Crippen MR) is 113 cm³/mol. The highest BCUT2D eigenvalue weighted by Gasteiger charge is 2.72. The Morgan fingerprint density at radius 2 is 1.70 bits per heavy atom. The van der Waals surface area contributed by atoms with Gasteiger partial charge in [-0.1, -0.05) is 17.3 Å². The van der Waals surface area contributed by atoms with E-state index in [1.165, 1.54) is 19.1 Å². The molecule has 6 atom stereocenters. The average Bonchev–Trinajstić information content (AvgIpc) is 3.54. The van der Waals surface area contributed by atoms with Gasteiger partial charge in [0.1, 0.15) is 6.10 Å². The quantitative estimate of drug-likeness (QED) is 0.304. The van der Waals surface area contributed by atoms with E-state index in [1.54, 1.807) is 36.4 Å². The van der Waals surface area contributed by atoms with Crippen molar-refractivity contribution in [2.24, 2.45) is 22.9 Å². The van der Waals surface area contributed by atoms with E-state index in [2.05, 4.69) is 5.16 Å². The lowest BCUT2D eigenvalue weighted by atomic mass is 9.71. The second-order valence-corrected chi connectivity index (χ2v) is 8.61. The molecule has 0 saturated carbocycles. The van der Waals surface area contributed by atoms with E-state index < -0.39 is 41.0 Å². The molecule has 3 fully saturated rings. The van der Waals surface area contributed by atoms with Crippen LogP contribution in [0.15, 0.2) is 53.7 Å². The van der Waals surface area contributed by atoms with Gasteiger partial charge in [-0.05, 0) is 31.2 Å². The molecule has 0 aliphatic carbocycles. The third-order valence-electron chi connectivity index (χ3n) is 6.93. The number of nitro benzene ring substituents is 1. The molecule has 0 aromatic heterocycles. The van der Waals surface area contributed by atoms with Gasteiger partial charge in [0.2, 0.25) is 11.8 Å². The molecule has 0 radical (unpaired) electrons. The molecule has 4 aliphatic rings. The van der Waals surface area contributed by atoms with Crippen molar-refractivity contribution in [2.75, 3.05) is 4.90 Å². The topological polar surface area (TPSA) is 128 Å². The van der Waals surface area contributed by atoms with Gasteiger partial charge in [-0.25, -0.2) is 4.90 Å². The normalized spacial score (nSPS) is 31.3. The van der Waals surface area contributed by atoms with E-state index in [4.69, 9.17) is 9.57 Å². The molecule has 0 spiro atoms. The van der Waals surface area contributed by atoms with Gasteiger partial charge in [-0.15, -0.1) is 0 Å². The van der Waals surface area contributed by atoms with Crippen molar-refractivity contribution in [1.29, 1.82) is 0 Å². The molecule has 166 valence electrons. The predicted octanol–water partition coefficient (Wildman–Crippen LogP) is 2.10. The number of non-ortho nitro benzene ring substituents is 1. The van der Waals surface area contributed by atoms with Gasteiger partial charge in [0, 0.05) is 23.3 Å². The fourth-order valence-electron chi connectivity index (χ4n) is 5.47. The second-order valence-electron chi connectivity index (χ2n) is 8.61. The Kier molecular flexibility index (Phi) is 4.06. The van der Waals surface area contributed by atoms with Gasteiger partial charge in [0.05, 0.1) is 40.2 Å². The number of nitro groups is 1. The van der Waals surface area contributed by atoms with E-state index >= 15 is 0 Å². The monoisotopic (exact) mass is 447 g/mol. The van der Waals surface area contributed by atoms with Crippen molar-refractivity contribution in [3.63, 3.8) is 0 Å². The number of fused-ring (bicyclic) bond motifs is 8. The molecule has 2 aromatic carbocycles. The zero-order valence-corrected chi connectivity index (χ0v) is 17.3. The van der Waals surface area contributed by atoms with Crippen molar-refractivity contribution in [3.05, 3.63) is 69.8 Å². The Morgan fingerprint density at radius 3 is 2.36 bits per heavy atom. The number of imide groups is 1. The lowest BCUT2D eigenvalue weighted by Gasteiger charge is -2.26. The number of benzene rings is 2. The lowest BCUT2D eigenvalue weighted by Crippen LogP contribution is -2.45. The number of amides is 2. The number of Topliss-reactive ketones (excluding diaryl/α,β-unsaturated/α-hetero) is 1. The molecule has 6 rings (SSSR count). The van der Waals surface area contributed by atoms with E-state index in [-0.39, 0.29) is 23.3 Å². The number of carbonyl (C=O) groups is 3. The summed E-state index contributed by atoms with van der Waals surface area (Å²) in [6, 6.07) is 12.4. The smallest absolute Gasteiger partial charge is 0.270 e. The summed E-state index contributed by atoms with van der Waals surface area (Å²) in [4.78, 5) is 55.7. The maximum atomic E-state index is 13.4. The SMILES string of the molecule is CC(=O)c1ccc(N2C(=O)[C@@H]3[C@H]4O[C@@H]([C@H]5C(c6cccc([N+](=O)[O-])c6)=NO[C@H]45)[C@@H]3C2=O)cc1. The summed E-state index contributed by atoms with van der Waals surface area (Å²) in [6.45, 7) is 1.44. The van der Waals surface area contributed by atoms with Crippen LogP contribution in [0.2, 0.25) is 0 Å². The second kappa shape index (κ2) is 6.79. The first-order valence-electron chi connectivity index (χ1n) is 10.5. The number of rotatable bonds is 4. The minimum absolute atomic E-state index is 0.0760. The Hall–Kier alpha value is -3.92. The third kappa shape index (κ3) is 2.64. The first-order valence-corrected chi connectivity index (χ1v) is 10.5. The number of ketones is 1. The Labute approximate surface area is 186 Å². The van der Waals surface area contributed by atoms with Crippen molar-refractivity contribution in [2.45, 2.75) is 25.2 Å². The number of ether oxygens (including phenoxy) is 1. The van der Waals surface area contributed by atoms with Crippen molar-refractivity contribution >= 4 is 34.7 Å². The molecular weight excluding hydrogens is 430 g/mol. The number of nitrogens with zero attached hydrogens (tertiary/aromatic N) is 3. The molecule has 2 amide bonds. The van der Waals surface area contributed by atoms with Crippen LogP contribution >= 0.6 is 0 Å². The van der Waals surface area contributed by atoms with E-state index in [1.807, 2.05) is 0 Å². The minimum atomic E-state index is -0.693. The Bertz CT molecular complexity index is 1270. The van der Waals surface area contributed by atoms with Gasteiger partial charge in [0.15, 0.2) is 11.9 Å². The zero-order valence-electron chi connectivity index (χ0n) is 17.3. The molecule has 4 heterocycles. The van der Waals surface area contributed by atoms with Gasteiger partial charge in [0.25, 0.3) is 5.69 Å². The van der Waals surface area contributed by atoms with Crippen LogP contribution in [0.3, 0.4) is 0 Å². The molecule has 3 saturated heterocycles. The summed E-state index contributed by atoms with van der Waals surface area (Å²) >= 11 is 0. The molecule has 2 aromatic rings. The van der Waals surface area contributed by atoms with Gasteiger partial charge in [-0.3, -0.25) is 24.5 Å². The highest BCUT2D eigenvalue weighted by Crippen LogP contribution is 2.55. The molecule has 4 aliphatic heterocycles. The Morgan fingerprint density at radius 1 is 1.00 bits per heavy atom. The zero-order chi connectivity index (χ0) is 23.0. The molecule has 0 unspecified atom stereocenters. The molecule has 2 bridgehead atoms. The van der Waals surface area contributed by atoms with Crippen LogP contribution in [0.4, 0.5) is 11.4 Å². The van der Waals surface area contributed by atoms with E-state index in [9.17, 15) is 24.5 Å². The molecule has 0 N–H and O–H groups in total. The van der Waals surface area contributed by atoms with Crippen LogP contribution in [0, 0.1) is 27.9 Å². The molecule has 33 heavy (non-hydrogen) atoms. The van der Waals surface area contributed by atoms with Gasteiger partial charge < -0.3 is 9.57 Å². The summed E-state index contributed by atoms with van der Waals surface area (Å²) < 4.78 is 6.06.